The molecule has 2 spiro atoms. The van der Waals surface area contributed by atoms with Crippen molar-refractivity contribution in [3.63, 3.8) is 0 Å². The lowest BCUT2D eigenvalue weighted by Gasteiger charge is -2.59. The zero-order chi connectivity index (χ0) is 19.9. The normalized spacial score (nSPS) is 51.8. The summed E-state index contributed by atoms with van der Waals surface area (Å²) in [6, 6.07) is 0. The van der Waals surface area contributed by atoms with Gasteiger partial charge in [-0.3, -0.25) is 0 Å². The standard InChI is InChI=1S/C28H44O/c1-20-17-28(16-15-27(19-28)12-7-8-13-27)24-26(3,29-24)14-11-23-22(20)18-25(23,2)21-9-5-4-6-10-21/h21-24H,1,4-19H2,2-3H3. The molecule has 6 rings (SSSR count). The van der Waals surface area contributed by atoms with Crippen LogP contribution in [-0.2, 0) is 4.74 Å². The van der Waals surface area contributed by atoms with Gasteiger partial charge in [0.05, 0.1) is 11.7 Å². The van der Waals surface area contributed by atoms with Crippen molar-refractivity contribution >= 4 is 0 Å². The summed E-state index contributed by atoms with van der Waals surface area (Å²) in [5, 5.41) is 0. The molecule has 0 N–H and O–H groups in total. The maximum absolute atomic E-state index is 6.65. The average molecular weight is 397 g/mol. The summed E-state index contributed by atoms with van der Waals surface area (Å²) in [6.07, 6.45) is 23.7. The molecule has 1 heterocycles. The SMILES string of the molecule is C=C1CC2(CCC3(CCCC3)C2)C2OC2(C)CCC2C1CC2(C)C1CCCCC1. The zero-order valence-corrected chi connectivity index (χ0v) is 19.2. The van der Waals surface area contributed by atoms with Gasteiger partial charge >= 0.3 is 0 Å². The highest BCUT2D eigenvalue weighted by Gasteiger charge is 2.68. The van der Waals surface area contributed by atoms with Crippen molar-refractivity contribution < 1.29 is 4.74 Å². The van der Waals surface area contributed by atoms with E-state index in [1.54, 1.807) is 5.57 Å². The minimum Gasteiger partial charge on any atom is -0.366 e. The number of allylic oxidation sites excluding steroid dienone is 1. The fourth-order valence-electron chi connectivity index (χ4n) is 9.94. The molecule has 29 heavy (non-hydrogen) atoms. The van der Waals surface area contributed by atoms with Crippen LogP contribution in [0.15, 0.2) is 12.2 Å². The molecule has 6 fully saturated rings. The van der Waals surface area contributed by atoms with Gasteiger partial charge in [0.15, 0.2) is 0 Å². The largest absolute Gasteiger partial charge is 0.366 e. The summed E-state index contributed by atoms with van der Waals surface area (Å²) >= 11 is 0. The first-order valence-corrected chi connectivity index (χ1v) is 13.2. The summed E-state index contributed by atoms with van der Waals surface area (Å²) in [6.45, 7) is 9.94. The molecular formula is C28H44O. The molecule has 0 bridgehead atoms. The van der Waals surface area contributed by atoms with Crippen molar-refractivity contribution in [1.29, 1.82) is 0 Å². The predicted molar refractivity (Wildman–Crippen MR) is 120 cm³/mol. The molecular weight excluding hydrogens is 352 g/mol. The van der Waals surface area contributed by atoms with E-state index in [-0.39, 0.29) is 5.60 Å². The molecule has 5 saturated carbocycles. The van der Waals surface area contributed by atoms with E-state index in [9.17, 15) is 0 Å². The minimum atomic E-state index is 0.183. The highest BCUT2D eigenvalue weighted by atomic mass is 16.6. The summed E-state index contributed by atoms with van der Waals surface area (Å²) < 4.78 is 6.65. The quantitative estimate of drug-likeness (QED) is 0.325. The number of fused-ring (bicyclic) bond motifs is 3. The molecule has 6 unspecified atom stereocenters. The Labute approximate surface area is 179 Å². The first kappa shape index (κ1) is 19.4. The first-order valence-electron chi connectivity index (χ1n) is 13.2. The number of epoxide rings is 1. The van der Waals surface area contributed by atoms with Crippen LogP contribution in [0.2, 0.25) is 0 Å². The Hall–Kier alpha value is -0.300. The molecule has 0 aromatic carbocycles. The van der Waals surface area contributed by atoms with Crippen LogP contribution >= 0.6 is 0 Å². The topological polar surface area (TPSA) is 12.5 Å². The molecule has 1 nitrogen and oxygen atoms in total. The molecule has 1 saturated heterocycles. The van der Waals surface area contributed by atoms with Gasteiger partial charge in [-0.05, 0) is 106 Å². The Morgan fingerprint density at radius 3 is 2.38 bits per heavy atom. The Kier molecular flexibility index (Phi) is 4.26. The van der Waals surface area contributed by atoms with E-state index in [1.165, 1.54) is 103 Å². The second-order valence-electron chi connectivity index (χ2n) is 13.2. The van der Waals surface area contributed by atoms with Gasteiger partial charge < -0.3 is 4.74 Å². The van der Waals surface area contributed by atoms with E-state index >= 15 is 0 Å². The van der Waals surface area contributed by atoms with E-state index < -0.39 is 0 Å². The van der Waals surface area contributed by atoms with Crippen molar-refractivity contribution in [2.75, 3.05) is 0 Å². The average Bonchev–Trinajstić information content (AvgIpc) is 3.04. The molecule has 6 atom stereocenters. The summed E-state index contributed by atoms with van der Waals surface area (Å²) in [5.41, 5.74) is 3.52. The second kappa shape index (κ2) is 6.36. The molecule has 1 aliphatic heterocycles. The fraction of sp³-hybridized carbons (Fsp3) is 0.929. The lowest BCUT2D eigenvalue weighted by atomic mass is 9.45. The molecule has 6 aliphatic rings. The van der Waals surface area contributed by atoms with E-state index in [1.807, 2.05) is 0 Å². The Morgan fingerprint density at radius 1 is 0.862 bits per heavy atom. The number of hydrogen-bond donors (Lipinski definition) is 0. The van der Waals surface area contributed by atoms with Crippen LogP contribution in [0.25, 0.3) is 0 Å². The van der Waals surface area contributed by atoms with Crippen LogP contribution in [-0.4, -0.2) is 11.7 Å². The Morgan fingerprint density at radius 2 is 1.62 bits per heavy atom. The van der Waals surface area contributed by atoms with Gasteiger partial charge in [0.1, 0.15) is 0 Å². The Balaban J connectivity index is 1.26. The van der Waals surface area contributed by atoms with Crippen LogP contribution in [0.5, 0.6) is 0 Å². The van der Waals surface area contributed by atoms with Gasteiger partial charge in [-0.25, -0.2) is 0 Å². The summed E-state index contributed by atoms with van der Waals surface area (Å²) in [7, 11) is 0. The maximum Gasteiger partial charge on any atom is 0.0930 e. The van der Waals surface area contributed by atoms with Crippen LogP contribution in [0.1, 0.15) is 117 Å². The summed E-state index contributed by atoms with van der Waals surface area (Å²) in [4.78, 5) is 0. The molecule has 5 aliphatic carbocycles. The van der Waals surface area contributed by atoms with E-state index in [0.29, 0.717) is 22.3 Å². The number of hydrogen-bond acceptors (Lipinski definition) is 1. The zero-order valence-electron chi connectivity index (χ0n) is 19.2. The first-order chi connectivity index (χ1) is 13.9. The second-order valence-corrected chi connectivity index (χ2v) is 13.2. The third-order valence-electron chi connectivity index (χ3n) is 11.6. The lowest BCUT2D eigenvalue weighted by Crippen LogP contribution is -2.52. The summed E-state index contributed by atoms with van der Waals surface area (Å²) in [5.74, 6) is 2.69. The van der Waals surface area contributed by atoms with Crippen molar-refractivity contribution in [3.05, 3.63) is 12.2 Å². The van der Waals surface area contributed by atoms with Crippen molar-refractivity contribution in [2.24, 2.45) is 34.0 Å². The molecule has 162 valence electrons. The highest BCUT2D eigenvalue weighted by Crippen LogP contribution is 2.70. The van der Waals surface area contributed by atoms with Crippen LogP contribution in [0.4, 0.5) is 0 Å². The minimum absolute atomic E-state index is 0.183. The smallest absolute Gasteiger partial charge is 0.0930 e. The van der Waals surface area contributed by atoms with E-state index in [4.69, 9.17) is 11.3 Å². The molecule has 1 heteroatoms. The fourth-order valence-corrected chi connectivity index (χ4v) is 9.94. The predicted octanol–water partition coefficient (Wildman–Crippen LogP) is 7.84. The molecule has 0 radical (unpaired) electrons. The van der Waals surface area contributed by atoms with Crippen molar-refractivity contribution in [1.82, 2.24) is 0 Å². The van der Waals surface area contributed by atoms with Crippen LogP contribution in [0.3, 0.4) is 0 Å². The van der Waals surface area contributed by atoms with Gasteiger partial charge in [-0.15, -0.1) is 0 Å². The molecule has 0 amide bonds. The number of ether oxygens (including phenoxy) is 1. The van der Waals surface area contributed by atoms with E-state index in [0.717, 1.165) is 17.8 Å². The van der Waals surface area contributed by atoms with Crippen molar-refractivity contribution in [3.8, 4) is 0 Å². The monoisotopic (exact) mass is 396 g/mol. The third kappa shape index (κ3) is 2.81. The van der Waals surface area contributed by atoms with Crippen LogP contribution in [0, 0.1) is 34.0 Å². The van der Waals surface area contributed by atoms with Gasteiger partial charge in [0.25, 0.3) is 0 Å². The maximum atomic E-state index is 6.65. The number of rotatable bonds is 1. The van der Waals surface area contributed by atoms with Gasteiger partial charge in [-0.2, -0.15) is 0 Å². The van der Waals surface area contributed by atoms with Crippen molar-refractivity contribution in [2.45, 2.75) is 128 Å². The van der Waals surface area contributed by atoms with Gasteiger partial charge in [0, 0.05) is 5.41 Å². The lowest BCUT2D eigenvalue weighted by molar-refractivity contribution is -0.0810. The molecule has 0 aromatic heterocycles. The van der Waals surface area contributed by atoms with Crippen LogP contribution < -0.4 is 0 Å². The van der Waals surface area contributed by atoms with Gasteiger partial charge in [0.2, 0.25) is 0 Å². The van der Waals surface area contributed by atoms with E-state index in [2.05, 4.69) is 13.8 Å². The van der Waals surface area contributed by atoms with Gasteiger partial charge in [-0.1, -0.05) is 51.2 Å². The molecule has 0 aromatic rings. The third-order valence-corrected chi connectivity index (χ3v) is 11.6. The highest BCUT2D eigenvalue weighted by molar-refractivity contribution is 5.24. The Bertz CT molecular complexity index is 682.